The largest absolute Gasteiger partial charge is 1.00 e. The zero-order valence-electron chi connectivity index (χ0n) is 8.46. The summed E-state index contributed by atoms with van der Waals surface area (Å²) >= 11 is 9.73. The van der Waals surface area contributed by atoms with Gasteiger partial charge in [-0.05, 0) is 33.6 Å². The van der Waals surface area contributed by atoms with E-state index < -0.39 is 27.2 Å². The Morgan fingerprint density at radius 3 is 0.556 bits per heavy atom. The molecule has 0 heterocycles. The topological polar surface area (TPSA) is 190 Å². The van der Waals surface area contributed by atoms with Crippen LogP contribution in [0, 0.1) is 0 Å². The van der Waals surface area contributed by atoms with Crippen molar-refractivity contribution in [3.8, 4) is 0 Å². The van der Waals surface area contributed by atoms with Crippen molar-refractivity contribution in [3.63, 3.8) is 0 Å². The molecule has 0 aliphatic heterocycles. The SMILES string of the molecule is O=S([O-])([O-])=S.O=S([O-])([O-])=S.O=S([O-])([O-])=S.[Ir].[K+].[K+]. The summed E-state index contributed by atoms with van der Waals surface area (Å²) < 4.78 is 80.0. The third kappa shape index (κ3) is 355. The third-order valence-corrected chi connectivity index (χ3v) is 0. The Labute approximate surface area is 218 Å². The predicted octanol–water partition coefficient (Wildman–Crippen LogP) is -9.01. The van der Waals surface area contributed by atoms with Crippen LogP contribution in [0.1, 0.15) is 0 Å². The minimum Gasteiger partial charge on any atom is -0.780 e. The van der Waals surface area contributed by atoms with E-state index in [0.717, 1.165) is 0 Å². The van der Waals surface area contributed by atoms with Gasteiger partial charge < -0.3 is 27.3 Å². The molecule has 0 aliphatic carbocycles. The number of hydrogen-bond acceptors (Lipinski definition) is 12. The first-order valence-electron chi connectivity index (χ1n) is 2.00. The van der Waals surface area contributed by atoms with Gasteiger partial charge >= 0.3 is 103 Å². The average molecular weight is 607 g/mol. The molecule has 0 spiro atoms. The molecule has 0 aromatic carbocycles. The summed E-state index contributed by atoms with van der Waals surface area (Å²) in [4.78, 5) is 0. The van der Waals surface area contributed by atoms with Gasteiger partial charge in [-0.15, -0.1) is 27.2 Å². The van der Waals surface area contributed by atoms with Gasteiger partial charge in [0.1, 0.15) is 0 Å². The van der Waals surface area contributed by atoms with E-state index >= 15 is 0 Å². The van der Waals surface area contributed by atoms with Crippen LogP contribution >= 0.6 is 0 Å². The van der Waals surface area contributed by atoms with Crippen molar-refractivity contribution in [3.05, 3.63) is 0 Å². The molecule has 0 saturated carbocycles. The Morgan fingerprint density at radius 1 is 0.556 bits per heavy atom. The van der Waals surface area contributed by atoms with Crippen molar-refractivity contribution in [2.45, 2.75) is 0 Å². The molecular weight excluding hydrogens is 607 g/mol. The van der Waals surface area contributed by atoms with Gasteiger partial charge in [0, 0.05) is 20.1 Å². The normalized spacial score (nSPS) is 9.67. The second kappa shape index (κ2) is 18.1. The molecule has 0 N–H and O–H groups in total. The summed E-state index contributed by atoms with van der Waals surface area (Å²) in [5.74, 6) is 0. The van der Waals surface area contributed by atoms with E-state index in [1.807, 2.05) is 0 Å². The molecule has 0 bridgehead atoms. The van der Waals surface area contributed by atoms with E-state index in [9.17, 15) is 0 Å². The van der Waals surface area contributed by atoms with Crippen molar-refractivity contribution >= 4 is 60.7 Å². The van der Waals surface area contributed by atoms with E-state index in [1.54, 1.807) is 0 Å². The van der Waals surface area contributed by atoms with Gasteiger partial charge in [-0.1, -0.05) is 0 Å². The minimum atomic E-state index is -4.33. The Bertz CT molecular complexity index is 350. The molecule has 9 nitrogen and oxygen atoms in total. The Hall–Kier alpha value is 4.79. The van der Waals surface area contributed by atoms with Crippen LogP contribution < -0.4 is 103 Å². The maximum Gasteiger partial charge on any atom is 1.00 e. The van der Waals surface area contributed by atoms with Crippen LogP contribution in [-0.2, 0) is 80.8 Å². The Kier molecular flexibility index (Phi) is 38.7. The van der Waals surface area contributed by atoms with Crippen molar-refractivity contribution in [1.82, 2.24) is 0 Å². The van der Waals surface area contributed by atoms with Gasteiger partial charge in [-0.3, -0.25) is 12.6 Å². The molecule has 0 aromatic heterocycles. The quantitative estimate of drug-likeness (QED) is 0.237. The fraction of sp³-hybridized carbons (Fsp3) is 0. The van der Waals surface area contributed by atoms with Gasteiger partial charge in [0.2, 0.25) is 0 Å². The summed E-state index contributed by atoms with van der Waals surface area (Å²) in [6.07, 6.45) is 0. The first kappa shape index (κ1) is 38.4. The average Bonchev–Trinajstić information content (AvgIpc) is 1.41. The summed E-state index contributed by atoms with van der Waals surface area (Å²) in [5.41, 5.74) is 0. The van der Waals surface area contributed by atoms with Crippen LogP contribution in [0.2, 0.25) is 0 Å². The van der Waals surface area contributed by atoms with Crippen molar-refractivity contribution in [2.75, 3.05) is 0 Å². The minimum absolute atomic E-state index is 0. The number of hydrogen-bond donors (Lipinski definition) is 0. The van der Waals surface area contributed by atoms with E-state index in [-0.39, 0.29) is 123 Å². The van der Waals surface area contributed by atoms with Crippen LogP contribution in [0.4, 0.5) is 0 Å². The molecule has 18 heteroatoms. The molecule has 0 unspecified atom stereocenters. The molecule has 18 heavy (non-hydrogen) atoms. The number of rotatable bonds is 0. The van der Waals surface area contributed by atoms with E-state index in [2.05, 4.69) is 33.6 Å². The zero-order chi connectivity index (χ0) is 13.5. The van der Waals surface area contributed by atoms with Gasteiger partial charge in [0.25, 0.3) is 0 Å². The molecule has 0 fully saturated rings. The first-order chi connectivity index (χ1) is 6.00. The van der Waals surface area contributed by atoms with Gasteiger partial charge in [0.05, 0.1) is 0 Å². The Balaban J connectivity index is -0.0000000277. The molecule has 0 saturated heterocycles. The standard InChI is InChI=1S/Ir.2K.3H2O3S2/c;;;3*1-5(2,3)4/h;;;3*(H2,1,2,3,4)/q;2*+1;;;/p-6. The monoisotopic (exact) mass is 607 g/mol. The molecule has 0 rings (SSSR count). The zero-order valence-corrected chi connectivity index (χ0v) is 22.0. The van der Waals surface area contributed by atoms with E-state index in [4.69, 9.17) is 39.9 Å². The molecule has 1 radical (unpaired) electrons. The Morgan fingerprint density at radius 2 is 0.556 bits per heavy atom. The molecular formula is IrK2O9S6-4. The van der Waals surface area contributed by atoms with Gasteiger partial charge in [0.15, 0.2) is 0 Å². The van der Waals surface area contributed by atoms with Gasteiger partial charge in [-0.25, -0.2) is 0 Å². The first-order valence-corrected chi connectivity index (χ1v) is 9.00. The molecule has 0 amide bonds. The maximum absolute atomic E-state index is 8.89. The summed E-state index contributed by atoms with van der Waals surface area (Å²) in [6.45, 7) is 0. The maximum atomic E-state index is 8.89. The summed E-state index contributed by atoms with van der Waals surface area (Å²) in [6, 6.07) is 0. The van der Waals surface area contributed by atoms with E-state index in [0.29, 0.717) is 0 Å². The van der Waals surface area contributed by atoms with E-state index in [1.165, 1.54) is 0 Å². The van der Waals surface area contributed by atoms with Crippen molar-refractivity contribution < 1.29 is 163 Å². The third-order valence-electron chi connectivity index (χ3n) is 0. The van der Waals surface area contributed by atoms with Crippen LogP contribution in [0.5, 0.6) is 0 Å². The predicted molar refractivity (Wildman–Crippen MR) is 51.2 cm³/mol. The van der Waals surface area contributed by atoms with Crippen LogP contribution in [0.15, 0.2) is 0 Å². The second-order valence-corrected chi connectivity index (χ2v) is 7.35. The fourth-order valence-corrected chi connectivity index (χ4v) is 0. The smallest absolute Gasteiger partial charge is 0.780 e. The second-order valence-electron chi connectivity index (χ2n) is 1.22. The van der Waals surface area contributed by atoms with Crippen LogP contribution in [-0.4, -0.2) is 39.9 Å². The molecule has 105 valence electrons. The van der Waals surface area contributed by atoms with Crippen LogP contribution in [0.25, 0.3) is 0 Å². The van der Waals surface area contributed by atoms with Crippen LogP contribution in [0.3, 0.4) is 0 Å². The fourth-order valence-electron chi connectivity index (χ4n) is 0. The van der Waals surface area contributed by atoms with Gasteiger partial charge in [-0.2, -0.15) is 0 Å². The molecule has 0 aliphatic rings. The molecule has 0 atom stereocenters. The molecule has 0 aromatic rings. The van der Waals surface area contributed by atoms with Crippen molar-refractivity contribution in [1.29, 1.82) is 0 Å². The van der Waals surface area contributed by atoms with Crippen molar-refractivity contribution in [2.24, 2.45) is 0 Å². The summed E-state index contributed by atoms with van der Waals surface area (Å²) in [5, 5.41) is 0. The summed E-state index contributed by atoms with van der Waals surface area (Å²) in [7, 11) is -13.0.